The molecule has 118 valence electrons. The van der Waals surface area contributed by atoms with Gasteiger partial charge in [0.25, 0.3) is 0 Å². The van der Waals surface area contributed by atoms with Gasteiger partial charge in [-0.25, -0.2) is 0 Å². The lowest BCUT2D eigenvalue weighted by molar-refractivity contribution is -0.00461. The number of hydrogen-bond acceptors (Lipinski definition) is 5. The highest BCUT2D eigenvalue weighted by molar-refractivity contribution is 5.36. The number of nitrogens with zero attached hydrogens (tertiary/aromatic N) is 1. The molecule has 0 amide bonds. The molecule has 0 aromatic heterocycles. The van der Waals surface area contributed by atoms with E-state index in [-0.39, 0.29) is 18.2 Å². The molecule has 1 aliphatic rings. The Kier molecular flexibility index (Phi) is 5.99. The SMILES string of the molecule is CCOc1ccccc1C(CN)N1CC(OC)C(OC)C1. The monoisotopic (exact) mass is 294 g/mol. The number of rotatable bonds is 7. The first-order valence-electron chi connectivity index (χ1n) is 7.46. The predicted molar refractivity (Wildman–Crippen MR) is 82.6 cm³/mol. The van der Waals surface area contributed by atoms with Crippen LogP contribution in [0.1, 0.15) is 18.5 Å². The van der Waals surface area contributed by atoms with Gasteiger partial charge in [0.05, 0.1) is 24.9 Å². The van der Waals surface area contributed by atoms with Crippen LogP contribution in [0.3, 0.4) is 0 Å². The third kappa shape index (κ3) is 3.55. The zero-order valence-corrected chi connectivity index (χ0v) is 13.1. The molecule has 1 saturated heterocycles. The molecular formula is C16H26N2O3. The van der Waals surface area contributed by atoms with Crippen molar-refractivity contribution < 1.29 is 14.2 Å². The molecule has 0 spiro atoms. The fraction of sp³-hybridized carbons (Fsp3) is 0.625. The summed E-state index contributed by atoms with van der Waals surface area (Å²) in [6, 6.07) is 8.22. The van der Waals surface area contributed by atoms with E-state index in [0.29, 0.717) is 13.2 Å². The maximum atomic E-state index is 6.04. The highest BCUT2D eigenvalue weighted by atomic mass is 16.5. The molecular weight excluding hydrogens is 268 g/mol. The topological polar surface area (TPSA) is 57.0 Å². The molecule has 1 fully saturated rings. The van der Waals surface area contributed by atoms with E-state index in [9.17, 15) is 0 Å². The number of hydrogen-bond donors (Lipinski definition) is 1. The van der Waals surface area contributed by atoms with Crippen LogP contribution in [-0.4, -0.2) is 57.6 Å². The summed E-state index contributed by atoms with van der Waals surface area (Å²) in [6.45, 7) is 4.81. The Labute approximate surface area is 127 Å². The lowest BCUT2D eigenvalue weighted by Gasteiger charge is -2.28. The first-order valence-corrected chi connectivity index (χ1v) is 7.46. The van der Waals surface area contributed by atoms with E-state index in [4.69, 9.17) is 19.9 Å². The van der Waals surface area contributed by atoms with Crippen molar-refractivity contribution in [2.24, 2.45) is 5.73 Å². The largest absolute Gasteiger partial charge is 0.494 e. The van der Waals surface area contributed by atoms with Crippen molar-refractivity contribution in [1.29, 1.82) is 0 Å². The van der Waals surface area contributed by atoms with E-state index in [1.165, 1.54) is 0 Å². The van der Waals surface area contributed by atoms with E-state index in [1.54, 1.807) is 14.2 Å². The Balaban J connectivity index is 2.20. The Morgan fingerprint density at radius 2 is 1.81 bits per heavy atom. The van der Waals surface area contributed by atoms with Crippen LogP contribution in [0.2, 0.25) is 0 Å². The minimum absolute atomic E-state index is 0.0864. The van der Waals surface area contributed by atoms with Crippen LogP contribution >= 0.6 is 0 Å². The van der Waals surface area contributed by atoms with Gasteiger partial charge in [-0.3, -0.25) is 4.90 Å². The second-order valence-electron chi connectivity index (χ2n) is 5.22. The minimum atomic E-state index is 0.0864. The van der Waals surface area contributed by atoms with Gasteiger partial charge in [0, 0.05) is 39.4 Å². The van der Waals surface area contributed by atoms with E-state index in [2.05, 4.69) is 11.0 Å². The Hall–Kier alpha value is -1.14. The molecule has 1 heterocycles. The van der Waals surface area contributed by atoms with E-state index in [0.717, 1.165) is 24.4 Å². The van der Waals surface area contributed by atoms with Crippen LogP contribution in [0.5, 0.6) is 5.75 Å². The summed E-state index contributed by atoms with van der Waals surface area (Å²) in [7, 11) is 3.46. The number of methoxy groups -OCH3 is 2. The van der Waals surface area contributed by atoms with Gasteiger partial charge in [0.1, 0.15) is 5.75 Å². The summed E-state index contributed by atoms with van der Waals surface area (Å²) < 4.78 is 16.8. The van der Waals surface area contributed by atoms with Gasteiger partial charge in [0.15, 0.2) is 0 Å². The molecule has 3 unspecified atom stereocenters. The highest BCUT2D eigenvalue weighted by Crippen LogP contribution is 2.32. The maximum Gasteiger partial charge on any atom is 0.124 e. The van der Waals surface area contributed by atoms with Crippen molar-refractivity contribution in [1.82, 2.24) is 4.90 Å². The van der Waals surface area contributed by atoms with Gasteiger partial charge in [-0.1, -0.05) is 18.2 Å². The number of para-hydroxylation sites is 1. The summed E-state index contributed by atoms with van der Waals surface area (Å²) in [5.74, 6) is 0.908. The van der Waals surface area contributed by atoms with Gasteiger partial charge >= 0.3 is 0 Å². The van der Waals surface area contributed by atoms with Crippen LogP contribution in [0.15, 0.2) is 24.3 Å². The number of ether oxygens (including phenoxy) is 3. The van der Waals surface area contributed by atoms with Crippen LogP contribution < -0.4 is 10.5 Å². The van der Waals surface area contributed by atoms with Gasteiger partial charge in [-0.05, 0) is 13.0 Å². The molecule has 2 N–H and O–H groups in total. The molecule has 0 bridgehead atoms. The maximum absolute atomic E-state index is 6.04. The Morgan fingerprint density at radius 1 is 1.19 bits per heavy atom. The van der Waals surface area contributed by atoms with Crippen LogP contribution in [-0.2, 0) is 9.47 Å². The van der Waals surface area contributed by atoms with E-state index < -0.39 is 0 Å². The van der Waals surface area contributed by atoms with Gasteiger partial charge in [-0.2, -0.15) is 0 Å². The van der Waals surface area contributed by atoms with Crippen molar-refractivity contribution in [3.63, 3.8) is 0 Å². The summed E-state index contributed by atoms with van der Waals surface area (Å²) in [6.07, 6.45) is 0.173. The molecule has 0 radical (unpaired) electrons. The smallest absolute Gasteiger partial charge is 0.124 e. The molecule has 5 heteroatoms. The van der Waals surface area contributed by atoms with Crippen molar-refractivity contribution in [3.05, 3.63) is 29.8 Å². The van der Waals surface area contributed by atoms with E-state index >= 15 is 0 Å². The van der Waals surface area contributed by atoms with Crippen LogP contribution in [0.25, 0.3) is 0 Å². The first kappa shape index (κ1) is 16.2. The normalized spacial score (nSPS) is 24.2. The molecule has 2 rings (SSSR count). The fourth-order valence-electron chi connectivity index (χ4n) is 2.99. The van der Waals surface area contributed by atoms with Gasteiger partial charge < -0.3 is 19.9 Å². The molecule has 1 aromatic rings. The molecule has 5 nitrogen and oxygen atoms in total. The molecule has 21 heavy (non-hydrogen) atoms. The molecule has 3 atom stereocenters. The van der Waals surface area contributed by atoms with Crippen LogP contribution in [0, 0.1) is 0 Å². The van der Waals surface area contributed by atoms with Crippen molar-refractivity contribution in [3.8, 4) is 5.75 Å². The summed E-state index contributed by atoms with van der Waals surface area (Å²) >= 11 is 0. The minimum Gasteiger partial charge on any atom is -0.494 e. The van der Waals surface area contributed by atoms with Crippen molar-refractivity contribution >= 4 is 0 Å². The predicted octanol–water partition coefficient (Wildman–Crippen LogP) is 1.43. The average molecular weight is 294 g/mol. The number of nitrogens with two attached hydrogens (primary N) is 1. The second-order valence-corrected chi connectivity index (χ2v) is 5.22. The molecule has 0 aliphatic carbocycles. The van der Waals surface area contributed by atoms with Gasteiger partial charge in [0.2, 0.25) is 0 Å². The lowest BCUT2D eigenvalue weighted by Crippen LogP contribution is -2.33. The third-order valence-electron chi connectivity index (χ3n) is 4.09. The van der Waals surface area contributed by atoms with Gasteiger partial charge in [-0.15, -0.1) is 0 Å². The number of likely N-dealkylation sites (tertiary alicyclic amines) is 1. The number of benzene rings is 1. The average Bonchev–Trinajstić information content (AvgIpc) is 2.93. The quantitative estimate of drug-likeness (QED) is 0.824. The molecule has 0 saturated carbocycles. The van der Waals surface area contributed by atoms with Crippen molar-refractivity contribution in [2.75, 3.05) is 40.5 Å². The molecule has 1 aliphatic heterocycles. The standard InChI is InChI=1S/C16H26N2O3/c1-4-21-14-8-6-5-7-12(14)13(9-17)18-10-15(19-2)16(11-18)20-3/h5-8,13,15-16H,4,9-11,17H2,1-3H3. The zero-order valence-electron chi connectivity index (χ0n) is 13.1. The lowest BCUT2D eigenvalue weighted by atomic mass is 10.0. The first-order chi connectivity index (χ1) is 10.2. The second kappa shape index (κ2) is 7.75. The van der Waals surface area contributed by atoms with E-state index in [1.807, 2.05) is 25.1 Å². The summed E-state index contributed by atoms with van der Waals surface area (Å²) in [5.41, 5.74) is 7.18. The fourth-order valence-corrected chi connectivity index (χ4v) is 2.99. The Morgan fingerprint density at radius 3 is 2.33 bits per heavy atom. The Bertz CT molecular complexity index is 429. The summed E-state index contributed by atoms with van der Waals surface area (Å²) in [5, 5.41) is 0. The third-order valence-corrected chi connectivity index (χ3v) is 4.09. The highest BCUT2D eigenvalue weighted by Gasteiger charge is 2.37. The zero-order chi connectivity index (χ0) is 15.2. The van der Waals surface area contributed by atoms with Crippen molar-refractivity contribution in [2.45, 2.75) is 25.2 Å². The summed E-state index contributed by atoms with van der Waals surface area (Å²) in [4.78, 5) is 2.32. The van der Waals surface area contributed by atoms with Crippen LogP contribution in [0.4, 0.5) is 0 Å². The molecule has 1 aromatic carbocycles.